The second kappa shape index (κ2) is 8.05. The highest BCUT2D eigenvalue weighted by molar-refractivity contribution is 6.30. The van der Waals surface area contributed by atoms with Crippen LogP contribution in [0.2, 0.25) is 5.02 Å². The first kappa shape index (κ1) is 19.7. The molecule has 2 aromatic carbocycles. The second-order valence-corrected chi connectivity index (χ2v) is 8.39. The molecule has 0 saturated carbocycles. The molecular formula is C22H25ClN4O2. The first-order chi connectivity index (χ1) is 13.9. The number of halogens is 1. The number of carbonyl (C=O) groups is 2. The number of hydrogen-bond acceptors (Lipinski definition) is 3. The van der Waals surface area contributed by atoms with E-state index in [1.165, 1.54) is 6.42 Å². The average molecular weight is 413 g/mol. The van der Waals surface area contributed by atoms with Crippen molar-refractivity contribution in [2.75, 3.05) is 32.0 Å². The van der Waals surface area contributed by atoms with Crippen molar-refractivity contribution in [3.05, 3.63) is 64.7 Å². The van der Waals surface area contributed by atoms with Crippen LogP contribution < -0.4 is 10.6 Å². The monoisotopic (exact) mass is 412 g/mol. The summed E-state index contributed by atoms with van der Waals surface area (Å²) in [5.74, 6) is 0.164. The smallest absolute Gasteiger partial charge is 0.319 e. The van der Waals surface area contributed by atoms with Gasteiger partial charge in [-0.15, -0.1) is 0 Å². The van der Waals surface area contributed by atoms with Crippen molar-refractivity contribution in [2.45, 2.75) is 24.9 Å². The summed E-state index contributed by atoms with van der Waals surface area (Å²) in [5.41, 5.74) is 2.86. The summed E-state index contributed by atoms with van der Waals surface area (Å²) in [4.78, 5) is 28.8. The molecule has 4 rings (SSSR count). The van der Waals surface area contributed by atoms with E-state index in [0.29, 0.717) is 23.7 Å². The summed E-state index contributed by atoms with van der Waals surface area (Å²) < 4.78 is 0. The summed E-state index contributed by atoms with van der Waals surface area (Å²) in [6, 6.07) is 14.5. The van der Waals surface area contributed by atoms with Crippen LogP contribution in [0.3, 0.4) is 0 Å². The van der Waals surface area contributed by atoms with Crippen LogP contribution in [-0.4, -0.2) is 54.0 Å². The summed E-state index contributed by atoms with van der Waals surface area (Å²) in [7, 11) is 2.13. The normalized spacial score (nSPS) is 17.4. The molecule has 2 heterocycles. The van der Waals surface area contributed by atoms with Crippen LogP contribution in [0, 0.1) is 0 Å². The molecule has 0 bridgehead atoms. The fourth-order valence-corrected chi connectivity index (χ4v) is 3.97. The molecule has 0 atom stereocenters. The molecule has 2 aliphatic rings. The van der Waals surface area contributed by atoms with Crippen LogP contribution in [0.5, 0.6) is 0 Å². The van der Waals surface area contributed by atoms with Gasteiger partial charge in [0.25, 0.3) is 0 Å². The molecule has 7 heteroatoms. The Morgan fingerprint density at radius 2 is 1.69 bits per heavy atom. The van der Waals surface area contributed by atoms with Crippen molar-refractivity contribution in [1.82, 2.24) is 15.1 Å². The second-order valence-electron chi connectivity index (χ2n) is 7.95. The molecule has 2 aliphatic heterocycles. The molecule has 6 nitrogen and oxygen atoms in total. The molecule has 3 amide bonds. The molecule has 29 heavy (non-hydrogen) atoms. The van der Waals surface area contributed by atoms with Gasteiger partial charge in [0, 0.05) is 36.9 Å². The Labute approximate surface area is 175 Å². The molecule has 0 aliphatic carbocycles. The predicted molar refractivity (Wildman–Crippen MR) is 114 cm³/mol. The van der Waals surface area contributed by atoms with E-state index < -0.39 is 0 Å². The first-order valence-corrected chi connectivity index (χ1v) is 10.2. The fourth-order valence-electron chi connectivity index (χ4n) is 3.84. The minimum absolute atomic E-state index is 0.164. The van der Waals surface area contributed by atoms with Crippen LogP contribution in [0.25, 0.3) is 0 Å². The van der Waals surface area contributed by atoms with Crippen molar-refractivity contribution in [2.24, 2.45) is 0 Å². The lowest BCUT2D eigenvalue weighted by Gasteiger charge is -2.61. The van der Waals surface area contributed by atoms with E-state index in [4.69, 9.17) is 11.6 Å². The summed E-state index contributed by atoms with van der Waals surface area (Å²) in [5, 5.41) is 6.28. The average Bonchev–Trinajstić information content (AvgIpc) is 2.67. The zero-order valence-electron chi connectivity index (χ0n) is 16.5. The number of amides is 3. The molecule has 2 aromatic rings. The Morgan fingerprint density at radius 3 is 2.28 bits per heavy atom. The number of anilines is 1. The maximum absolute atomic E-state index is 12.5. The highest BCUT2D eigenvalue weighted by Gasteiger charge is 2.52. The van der Waals surface area contributed by atoms with Gasteiger partial charge in [-0.2, -0.15) is 0 Å². The van der Waals surface area contributed by atoms with Crippen LogP contribution in [0.15, 0.2) is 48.5 Å². The van der Waals surface area contributed by atoms with Crippen molar-refractivity contribution in [1.29, 1.82) is 0 Å². The van der Waals surface area contributed by atoms with Gasteiger partial charge in [0.05, 0.1) is 12.0 Å². The molecule has 0 aromatic heterocycles. The molecule has 2 fully saturated rings. The summed E-state index contributed by atoms with van der Waals surface area (Å²) >= 11 is 5.86. The number of likely N-dealkylation sites (tertiary alicyclic amines) is 2. The van der Waals surface area contributed by atoms with E-state index in [-0.39, 0.29) is 17.5 Å². The minimum Gasteiger partial charge on any atom is -0.339 e. The molecule has 0 radical (unpaired) electrons. The first-order valence-electron chi connectivity index (χ1n) is 9.81. The van der Waals surface area contributed by atoms with Crippen molar-refractivity contribution in [3.63, 3.8) is 0 Å². The number of urea groups is 1. The van der Waals surface area contributed by atoms with Gasteiger partial charge in [0.1, 0.15) is 0 Å². The molecule has 1 spiro atoms. The summed E-state index contributed by atoms with van der Waals surface area (Å²) in [6.45, 7) is 3.23. The lowest BCUT2D eigenvalue weighted by atomic mass is 9.78. The minimum atomic E-state index is -0.278. The Morgan fingerprint density at radius 1 is 1.03 bits per heavy atom. The third kappa shape index (κ3) is 4.38. The van der Waals surface area contributed by atoms with E-state index in [1.54, 1.807) is 12.1 Å². The van der Waals surface area contributed by atoms with E-state index in [2.05, 4.69) is 22.6 Å². The Kier molecular flexibility index (Phi) is 5.48. The Bertz CT molecular complexity index is 892. The topological polar surface area (TPSA) is 64.7 Å². The van der Waals surface area contributed by atoms with E-state index in [1.807, 2.05) is 41.3 Å². The highest BCUT2D eigenvalue weighted by atomic mass is 35.5. The largest absolute Gasteiger partial charge is 0.339 e. The molecular weight excluding hydrogens is 388 g/mol. The Hall–Kier alpha value is -2.57. The number of rotatable bonds is 5. The maximum atomic E-state index is 12.5. The molecule has 0 unspecified atom stereocenters. The zero-order valence-corrected chi connectivity index (χ0v) is 17.2. The van der Waals surface area contributed by atoms with Crippen LogP contribution in [0.4, 0.5) is 10.5 Å². The third-order valence-electron chi connectivity index (χ3n) is 5.98. The molecule has 2 saturated heterocycles. The van der Waals surface area contributed by atoms with Crippen molar-refractivity contribution < 1.29 is 9.59 Å². The molecule has 152 valence electrons. The Balaban J connectivity index is 1.22. The van der Waals surface area contributed by atoms with Gasteiger partial charge in [0.2, 0.25) is 5.91 Å². The lowest BCUT2D eigenvalue weighted by Crippen LogP contribution is -2.76. The fraction of sp³-hybridized carbons (Fsp3) is 0.364. The van der Waals surface area contributed by atoms with Gasteiger partial charge in [-0.25, -0.2) is 4.79 Å². The summed E-state index contributed by atoms with van der Waals surface area (Å²) in [6.07, 6.45) is 1.58. The van der Waals surface area contributed by atoms with E-state index in [9.17, 15) is 9.59 Å². The number of nitrogens with zero attached hydrogens (tertiary/aromatic N) is 2. The SMILES string of the molecule is CN1CCC12CN(C(=O)Cc1ccc(NC(=O)NCc3ccc(Cl)cc3)cc1)C2. The van der Waals surface area contributed by atoms with E-state index >= 15 is 0 Å². The van der Waals surface area contributed by atoms with Gasteiger partial charge in [0.15, 0.2) is 0 Å². The van der Waals surface area contributed by atoms with Crippen molar-refractivity contribution in [3.8, 4) is 0 Å². The predicted octanol–water partition coefficient (Wildman–Crippen LogP) is 3.12. The number of likely N-dealkylation sites (N-methyl/N-ethyl adjacent to an activating group) is 1. The number of benzene rings is 2. The standard InChI is InChI=1S/C22H25ClN4O2/c1-26-11-10-22(26)14-27(15-22)20(28)12-16-4-8-19(9-5-16)25-21(29)24-13-17-2-6-18(23)7-3-17/h2-9H,10-15H2,1H3,(H2,24,25,29). The van der Waals surface area contributed by atoms with Gasteiger partial charge in [-0.1, -0.05) is 35.9 Å². The number of carbonyl (C=O) groups excluding carboxylic acids is 2. The lowest BCUT2D eigenvalue weighted by molar-refractivity contribution is -0.156. The van der Waals surface area contributed by atoms with Crippen LogP contribution in [0.1, 0.15) is 17.5 Å². The van der Waals surface area contributed by atoms with Gasteiger partial charge in [-0.3, -0.25) is 9.69 Å². The zero-order chi connectivity index (χ0) is 20.4. The van der Waals surface area contributed by atoms with Crippen LogP contribution >= 0.6 is 11.6 Å². The maximum Gasteiger partial charge on any atom is 0.319 e. The third-order valence-corrected chi connectivity index (χ3v) is 6.23. The quantitative estimate of drug-likeness (QED) is 0.793. The van der Waals surface area contributed by atoms with Gasteiger partial charge in [-0.05, 0) is 48.9 Å². The highest BCUT2D eigenvalue weighted by Crippen LogP contribution is 2.37. The number of hydrogen-bond donors (Lipinski definition) is 2. The van der Waals surface area contributed by atoms with E-state index in [0.717, 1.165) is 30.8 Å². The van der Waals surface area contributed by atoms with Crippen LogP contribution in [-0.2, 0) is 17.8 Å². The van der Waals surface area contributed by atoms with Crippen molar-refractivity contribution >= 4 is 29.2 Å². The van der Waals surface area contributed by atoms with Gasteiger partial charge >= 0.3 is 6.03 Å². The van der Waals surface area contributed by atoms with Gasteiger partial charge < -0.3 is 15.5 Å². The number of nitrogens with one attached hydrogen (secondary N) is 2. The molecule has 2 N–H and O–H groups in total.